The van der Waals surface area contributed by atoms with Crippen molar-refractivity contribution in [1.29, 1.82) is 0 Å². The molecule has 0 saturated carbocycles. The van der Waals surface area contributed by atoms with E-state index in [1.165, 1.54) is 44.2 Å². The highest BCUT2D eigenvalue weighted by molar-refractivity contribution is 7.89. The van der Waals surface area contributed by atoms with Crippen LogP contribution in [0, 0.1) is 0 Å². The molecule has 2 aliphatic heterocycles. The second-order valence-corrected chi connectivity index (χ2v) is 11.4. The first-order valence-corrected chi connectivity index (χ1v) is 12.6. The van der Waals surface area contributed by atoms with Crippen LogP contribution in [-0.2, 0) is 25.0 Å². The molecule has 168 valence electrons. The zero-order valence-electron chi connectivity index (χ0n) is 17.3. The second-order valence-electron chi connectivity index (χ2n) is 7.49. The molecule has 2 saturated heterocycles. The number of morpholine rings is 1. The van der Waals surface area contributed by atoms with Crippen molar-refractivity contribution >= 4 is 26.1 Å². The zero-order valence-corrected chi connectivity index (χ0v) is 18.9. The van der Waals surface area contributed by atoms with Gasteiger partial charge in [0, 0.05) is 51.9 Å². The van der Waals surface area contributed by atoms with Crippen molar-refractivity contribution < 1.29 is 26.4 Å². The number of amides is 1. The van der Waals surface area contributed by atoms with Crippen LogP contribution in [0.15, 0.2) is 29.2 Å². The van der Waals surface area contributed by atoms with Crippen LogP contribution in [0.2, 0.25) is 0 Å². The molecule has 0 aromatic heterocycles. The van der Waals surface area contributed by atoms with Crippen molar-refractivity contribution in [2.75, 3.05) is 46.3 Å². The molecular formula is C18H28N4O6S2. The number of nitrogens with zero attached hydrogens (tertiary/aromatic N) is 3. The summed E-state index contributed by atoms with van der Waals surface area (Å²) >= 11 is 0. The first-order chi connectivity index (χ1) is 14.1. The number of hydrogen-bond donors (Lipinski definition) is 1. The molecule has 2 atom stereocenters. The average Bonchev–Trinajstić information content (AvgIpc) is 2.72. The fourth-order valence-corrected chi connectivity index (χ4v) is 6.87. The minimum atomic E-state index is -3.78. The third-order valence-electron chi connectivity index (χ3n) is 5.22. The van der Waals surface area contributed by atoms with Crippen LogP contribution >= 0.6 is 0 Å². The number of piperazine rings is 1. The molecule has 10 nitrogen and oxygen atoms in total. The van der Waals surface area contributed by atoms with E-state index in [-0.39, 0.29) is 62.3 Å². The average molecular weight is 461 g/mol. The van der Waals surface area contributed by atoms with Gasteiger partial charge in [0.15, 0.2) is 0 Å². The zero-order chi connectivity index (χ0) is 22.1. The lowest BCUT2D eigenvalue weighted by atomic mass is 10.2. The number of rotatable bonds is 5. The van der Waals surface area contributed by atoms with E-state index in [2.05, 4.69) is 5.32 Å². The number of nitrogens with one attached hydrogen (secondary N) is 1. The van der Waals surface area contributed by atoms with Gasteiger partial charge in [0.05, 0.1) is 17.1 Å². The standard InChI is InChI=1S/C18H28N4O6S2/c1-14-12-22(13-15(2)28-14)30(26,27)21-10-8-20(9-11-21)29(24,25)17-6-4-16(5-7-17)18(23)19-3/h4-7,14-15H,8-13H2,1-3H3,(H,19,23). The molecule has 2 aliphatic rings. The number of hydrogen-bond acceptors (Lipinski definition) is 6. The van der Waals surface area contributed by atoms with Gasteiger partial charge in [-0.3, -0.25) is 4.79 Å². The second kappa shape index (κ2) is 8.89. The van der Waals surface area contributed by atoms with E-state index in [0.29, 0.717) is 5.56 Å². The summed E-state index contributed by atoms with van der Waals surface area (Å²) in [5.74, 6) is -0.301. The monoisotopic (exact) mass is 460 g/mol. The van der Waals surface area contributed by atoms with Crippen molar-refractivity contribution in [3.05, 3.63) is 29.8 Å². The Labute approximate surface area is 178 Å². The van der Waals surface area contributed by atoms with Crippen LogP contribution in [0.1, 0.15) is 24.2 Å². The van der Waals surface area contributed by atoms with Crippen LogP contribution in [0.5, 0.6) is 0 Å². The minimum Gasteiger partial charge on any atom is -0.373 e. The first-order valence-electron chi connectivity index (χ1n) is 9.78. The molecule has 0 spiro atoms. The molecule has 0 radical (unpaired) electrons. The van der Waals surface area contributed by atoms with E-state index >= 15 is 0 Å². The van der Waals surface area contributed by atoms with Crippen LogP contribution in [0.25, 0.3) is 0 Å². The predicted molar refractivity (Wildman–Crippen MR) is 111 cm³/mol. The Bertz CT molecular complexity index is 962. The van der Waals surface area contributed by atoms with E-state index in [1.807, 2.05) is 13.8 Å². The molecule has 1 N–H and O–H groups in total. The summed E-state index contributed by atoms with van der Waals surface area (Å²) in [6.07, 6.45) is -0.383. The fraction of sp³-hybridized carbons (Fsp3) is 0.611. The molecule has 2 heterocycles. The first kappa shape index (κ1) is 23.1. The fourth-order valence-electron chi connectivity index (χ4n) is 3.69. The molecule has 30 heavy (non-hydrogen) atoms. The number of carbonyl (C=O) groups is 1. The van der Waals surface area contributed by atoms with Gasteiger partial charge in [0.1, 0.15) is 0 Å². The van der Waals surface area contributed by atoms with Gasteiger partial charge in [-0.15, -0.1) is 0 Å². The van der Waals surface area contributed by atoms with Gasteiger partial charge in [-0.05, 0) is 38.1 Å². The van der Waals surface area contributed by atoms with Gasteiger partial charge in [0.2, 0.25) is 10.0 Å². The lowest BCUT2D eigenvalue weighted by molar-refractivity contribution is -0.0456. The Morgan fingerprint density at radius 3 is 1.90 bits per heavy atom. The Morgan fingerprint density at radius 2 is 1.40 bits per heavy atom. The van der Waals surface area contributed by atoms with Crippen LogP contribution in [0.4, 0.5) is 0 Å². The van der Waals surface area contributed by atoms with Crippen molar-refractivity contribution in [2.24, 2.45) is 0 Å². The van der Waals surface area contributed by atoms with Gasteiger partial charge in [-0.2, -0.15) is 21.3 Å². The molecule has 0 bridgehead atoms. The maximum Gasteiger partial charge on any atom is 0.282 e. The number of sulfonamides is 1. The predicted octanol–water partition coefficient (Wildman–Crippen LogP) is -0.293. The van der Waals surface area contributed by atoms with Gasteiger partial charge in [-0.1, -0.05) is 0 Å². The summed E-state index contributed by atoms with van der Waals surface area (Å²) in [7, 11) is -5.96. The van der Waals surface area contributed by atoms with Crippen LogP contribution < -0.4 is 5.32 Å². The number of ether oxygens (including phenoxy) is 1. The van der Waals surface area contributed by atoms with Crippen molar-refractivity contribution in [3.63, 3.8) is 0 Å². The van der Waals surface area contributed by atoms with Crippen molar-refractivity contribution in [2.45, 2.75) is 31.0 Å². The molecule has 2 fully saturated rings. The van der Waals surface area contributed by atoms with E-state index in [9.17, 15) is 21.6 Å². The SMILES string of the molecule is CNC(=O)c1ccc(S(=O)(=O)N2CCN(S(=O)(=O)N3CC(C)OC(C)C3)CC2)cc1. The molecule has 12 heteroatoms. The van der Waals surface area contributed by atoms with E-state index in [0.717, 1.165) is 0 Å². The van der Waals surface area contributed by atoms with Gasteiger partial charge in [0.25, 0.3) is 16.1 Å². The Hall–Kier alpha value is -1.57. The third kappa shape index (κ3) is 4.68. The molecule has 3 rings (SSSR count). The van der Waals surface area contributed by atoms with E-state index in [1.54, 1.807) is 0 Å². The highest BCUT2D eigenvalue weighted by atomic mass is 32.2. The lowest BCUT2D eigenvalue weighted by Gasteiger charge is -2.39. The van der Waals surface area contributed by atoms with Crippen molar-refractivity contribution in [3.8, 4) is 0 Å². The topological polar surface area (TPSA) is 116 Å². The molecule has 1 amide bonds. The van der Waals surface area contributed by atoms with Crippen molar-refractivity contribution in [1.82, 2.24) is 18.2 Å². The van der Waals surface area contributed by atoms with Crippen LogP contribution in [-0.4, -0.2) is 94.2 Å². The summed E-state index contributed by atoms with van der Waals surface area (Å²) in [6, 6.07) is 5.68. The normalized spacial score (nSPS) is 25.2. The number of carbonyl (C=O) groups excluding carboxylic acids is 1. The summed E-state index contributed by atoms with van der Waals surface area (Å²) in [6.45, 7) is 4.51. The summed E-state index contributed by atoms with van der Waals surface area (Å²) in [5, 5.41) is 2.48. The maximum atomic E-state index is 13.0. The summed E-state index contributed by atoms with van der Waals surface area (Å²) in [4.78, 5) is 11.7. The largest absolute Gasteiger partial charge is 0.373 e. The van der Waals surface area contributed by atoms with Gasteiger partial charge < -0.3 is 10.1 Å². The molecule has 0 aliphatic carbocycles. The summed E-state index contributed by atoms with van der Waals surface area (Å²) in [5.41, 5.74) is 0.362. The van der Waals surface area contributed by atoms with Crippen LogP contribution in [0.3, 0.4) is 0 Å². The smallest absolute Gasteiger partial charge is 0.282 e. The van der Waals surface area contributed by atoms with Gasteiger partial charge >= 0.3 is 0 Å². The number of benzene rings is 1. The minimum absolute atomic E-state index is 0.0637. The Kier molecular flexibility index (Phi) is 6.84. The quantitative estimate of drug-likeness (QED) is 0.645. The van der Waals surface area contributed by atoms with E-state index < -0.39 is 20.2 Å². The van der Waals surface area contributed by atoms with E-state index in [4.69, 9.17) is 4.74 Å². The Morgan fingerprint density at radius 1 is 0.900 bits per heavy atom. The molecule has 2 unspecified atom stereocenters. The lowest BCUT2D eigenvalue weighted by Crippen LogP contribution is -2.57. The summed E-state index contributed by atoms with van der Waals surface area (Å²) < 4.78 is 61.4. The molecule has 1 aromatic rings. The molecular weight excluding hydrogens is 432 g/mol. The highest BCUT2D eigenvalue weighted by Crippen LogP contribution is 2.22. The Balaban J connectivity index is 1.67. The maximum absolute atomic E-state index is 13.0. The highest BCUT2D eigenvalue weighted by Gasteiger charge is 2.38. The molecule has 1 aromatic carbocycles. The van der Waals surface area contributed by atoms with Gasteiger partial charge in [-0.25, -0.2) is 8.42 Å². The third-order valence-corrected chi connectivity index (χ3v) is 9.10.